The zero-order chi connectivity index (χ0) is 15.1. The Hall–Kier alpha value is -1.26. The molecule has 0 aliphatic heterocycles. The van der Waals surface area contributed by atoms with Crippen molar-refractivity contribution in [3.05, 3.63) is 28.8 Å². The van der Waals surface area contributed by atoms with Crippen molar-refractivity contribution in [1.82, 2.24) is 5.32 Å². The third-order valence-corrected chi connectivity index (χ3v) is 3.04. The van der Waals surface area contributed by atoms with Crippen molar-refractivity contribution >= 4 is 17.6 Å². The van der Waals surface area contributed by atoms with Crippen LogP contribution in [0.2, 0.25) is 5.02 Å². The van der Waals surface area contributed by atoms with Crippen molar-refractivity contribution in [2.45, 2.75) is 33.4 Å². The van der Waals surface area contributed by atoms with Gasteiger partial charge in [-0.05, 0) is 25.5 Å². The Kier molecular flexibility index (Phi) is 6.82. The quantitative estimate of drug-likeness (QED) is 0.786. The van der Waals surface area contributed by atoms with Crippen LogP contribution in [-0.2, 0) is 16.1 Å². The van der Waals surface area contributed by atoms with Crippen LogP contribution in [0.4, 0.5) is 0 Å². The molecule has 0 aliphatic carbocycles. The highest BCUT2D eigenvalue weighted by atomic mass is 35.5. The first-order valence-electron chi connectivity index (χ1n) is 6.68. The molecule has 0 amide bonds. The zero-order valence-corrected chi connectivity index (χ0v) is 13.2. The minimum Gasteiger partial charge on any atom is -0.477 e. The fourth-order valence-corrected chi connectivity index (χ4v) is 1.95. The molecule has 0 heterocycles. The molecule has 1 aromatic rings. The van der Waals surface area contributed by atoms with E-state index in [1.807, 2.05) is 12.1 Å². The largest absolute Gasteiger partial charge is 0.477 e. The van der Waals surface area contributed by atoms with Crippen LogP contribution < -0.4 is 10.1 Å². The van der Waals surface area contributed by atoms with Crippen LogP contribution in [0.25, 0.3) is 0 Å². The highest BCUT2D eigenvalue weighted by Crippen LogP contribution is 2.29. The number of nitrogens with one attached hydrogen (secondary N) is 1. The van der Waals surface area contributed by atoms with E-state index in [1.54, 1.807) is 13.0 Å². The molecule has 1 N–H and O–H groups in total. The first-order valence-corrected chi connectivity index (χ1v) is 7.06. The number of halogens is 1. The van der Waals surface area contributed by atoms with Crippen molar-refractivity contribution in [2.75, 3.05) is 13.7 Å². The second-order valence-electron chi connectivity index (χ2n) is 5.04. The van der Waals surface area contributed by atoms with Gasteiger partial charge in [0.05, 0.1) is 12.1 Å². The molecular weight excluding hydrogens is 278 g/mol. The number of methoxy groups -OCH3 is 1. The van der Waals surface area contributed by atoms with Gasteiger partial charge in [0, 0.05) is 12.1 Å². The van der Waals surface area contributed by atoms with E-state index in [9.17, 15) is 4.79 Å². The van der Waals surface area contributed by atoms with Crippen LogP contribution in [-0.4, -0.2) is 25.7 Å². The molecule has 0 saturated carbocycles. The summed E-state index contributed by atoms with van der Waals surface area (Å²) < 4.78 is 10.3. The van der Waals surface area contributed by atoms with Crippen LogP contribution in [0.3, 0.4) is 0 Å². The second kappa shape index (κ2) is 8.12. The molecule has 0 aromatic heterocycles. The number of carbonyl (C=O) groups is 1. The van der Waals surface area contributed by atoms with E-state index < -0.39 is 12.1 Å². The van der Waals surface area contributed by atoms with Crippen molar-refractivity contribution < 1.29 is 14.3 Å². The topological polar surface area (TPSA) is 47.6 Å². The molecule has 112 valence electrons. The van der Waals surface area contributed by atoms with Gasteiger partial charge in [-0.3, -0.25) is 0 Å². The van der Waals surface area contributed by atoms with E-state index in [4.69, 9.17) is 16.3 Å². The fourth-order valence-electron chi connectivity index (χ4n) is 1.71. The minimum absolute atomic E-state index is 0.425. The van der Waals surface area contributed by atoms with Gasteiger partial charge in [0.2, 0.25) is 0 Å². The number of hydrogen-bond donors (Lipinski definition) is 1. The molecule has 0 fully saturated rings. The lowest BCUT2D eigenvalue weighted by molar-refractivity contribution is -0.147. The van der Waals surface area contributed by atoms with Crippen LogP contribution >= 0.6 is 11.6 Å². The molecule has 4 nitrogen and oxygen atoms in total. The van der Waals surface area contributed by atoms with Gasteiger partial charge < -0.3 is 14.8 Å². The molecule has 0 bridgehead atoms. The highest BCUT2D eigenvalue weighted by molar-refractivity contribution is 6.32. The first-order chi connectivity index (χ1) is 9.45. The van der Waals surface area contributed by atoms with Crippen molar-refractivity contribution in [3.63, 3.8) is 0 Å². The summed E-state index contributed by atoms with van der Waals surface area (Å²) in [4.78, 5) is 11.4. The molecule has 0 radical (unpaired) electrons. The molecule has 20 heavy (non-hydrogen) atoms. The summed E-state index contributed by atoms with van der Waals surface area (Å²) in [7, 11) is 1.33. The lowest BCUT2D eigenvalue weighted by Crippen LogP contribution is -2.26. The van der Waals surface area contributed by atoms with E-state index in [-0.39, 0.29) is 0 Å². The van der Waals surface area contributed by atoms with Gasteiger partial charge in [-0.2, -0.15) is 0 Å². The van der Waals surface area contributed by atoms with Crippen LogP contribution in [0, 0.1) is 5.92 Å². The van der Waals surface area contributed by atoms with Gasteiger partial charge in [-0.1, -0.05) is 37.6 Å². The smallest absolute Gasteiger partial charge is 0.346 e. The van der Waals surface area contributed by atoms with Gasteiger partial charge >= 0.3 is 5.97 Å². The van der Waals surface area contributed by atoms with E-state index in [0.717, 1.165) is 12.1 Å². The average molecular weight is 300 g/mol. The van der Waals surface area contributed by atoms with Crippen molar-refractivity contribution in [2.24, 2.45) is 5.92 Å². The third-order valence-electron chi connectivity index (χ3n) is 2.74. The van der Waals surface area contributed by atoms with Crippen LogP contribution in [0.15, 0.2) is 18.2 Å². The fraction of sp³-hybridized carbons (Fsp3) is 0.533. The number of hydrogen-bond acceptors (Lipinski definition) is 4. The molecule has 0 spiro atoms. The van der Waals surface area contributed by atoms with E-state index in [2.05, 4.69) is 23.9 Å². The summed E-state index contributed by atoms with van der Waals surface area (Å²) in [5.74, 6) is 0.668. The summed E-state index contributed by atoms with van der Waals surface area (Å²) in [5, 5.41) is 3.82. The SMILES string of the molecule is COC(=O)C(C)Oc1c(Cl)cccc1CNCC(C)C. The third kappa shape index (κ3) is 5.02. The van der Waals surface area contributed by atoms with Gasteiger partial charge in [-0.25, -0.2) is 4.79 Å². The zero-order valence-electron chi connectivity index (χ0n) is 12.4. The van der Waals surface area contributed by atoms with Crippen LogP contribution in [0.1, 0.15) is 26.3 Å². The average Bonchev–Trinajstić information content (AvgIpc) is 2.40. The Bertz CT molecular complexity index is 449. The molecule has 1 unspecified atom stereocenters. The maximum atomic E-state index is 11.4. The number of para-hydroxylation sites is 1. The number of esters is 1. The summed E-state index contributed by atoms with van der Waals surface area (Å²) in [6.07, 6.45) is -0.691. The molecule has 1 rings (SSSR count). The van der Waals surface area contributed by atoms with Crippen molar-refractivity contribution in [3.8, 4) is 5.75 Å². The van der Waals surface area contributed by atoms with E-state index >= 15 is 0 Å². The lowest BCUT2D eigenvalue weighted by Gasteiger charge is -2.17. The number of benzene rings is 1. The monoisotopic (exact) mass is 299 g/mol. The number of carbonyl (C=O) groups excluding carboxylic acids is 1. The lowest BCUT2D eigenvalue weighted by atomic mass is 10.1. The summed E-state index contributed by atoms with van der Waals surface area (Å²) in [6.45, 7) is 7.46. The van der Waals surface area contributed by atoms with Gasteiger partial charge in [-0.15, -0.1) is 0 Å². The van der Waals surface area contributed by atoms with Crippen LogP contribution in [0.5, 0.6) is 5.75 Å². The molecular formula is C15H22ClNO3. The molecule has 0 saturated heterocycles. The predicted molar refractivity (Wildman–Crippen MR) is 80.1 cm³/mol. The summed E-state index contributed by atoms with van der Waals surface area (Å²) in [6, 6.07) is 5.54. The summed E-state index contributed by atoms with van der Waals surface area (Å²) >= 11 is 6.16. The Morgan fingerprint density at radius 2 is 2.05 bits per heavy atom. The Labute approximate surface area is 125 Å². The van der Waals surface area contributed by atoms with Gasteiger partial charge in [0.1, 0.15) is 5.75 Å². The Morgan fingerprint density at radius 1 is 1.35 bits per heavy atom. The molecule has 1 atom stereocenters. The Morgan fingerprint density at radius 3 is 2.65 bits per heavy atom. The number of ether oxygens (including phenoxy) is 2. The summed E-state index contributed by atoms with van der Waals surface area (Å²) in [5.41, 5.74) is 0.925. The first kappa shape index (κ1) is 16.8. The maximum absolute atomic E-state index is 11.4. The van der Waals surface area contributed by atoms with Gasteiger partial charge in [0.25, 0.3) is 0 Å². The second-order valence-corrected chi connectivity index (χ2v) is 5.44. The Balaban J connectivity index is 2.80. The highest BCUT2D eigenvalue weighted by Gasteiger charge is 2.18. The maximum Gasteiger partial charge on any atom is 0.346 e. The molecule has 1 aromatic carbocycles. The van der Waals surface area contributed by atoms with E-state index in [1.165, 1.54) is 7.11 Å². The minimum atomic E-state index is -0.691. The van der Waals surface area contributed by atoms with Gasteiger partial charge in [0.15, 0.2) is 6.10 Å². The normalized spacial score (nSPS) is 12.3. The van der Waals surface area contributed by atoms with E-state index in [0.29, 0.717) is 23.2 Å². The standard InChI is InChI=1S/C15H22ClNO3/c1-10(2)8-17-9-12-6-5-7-13(16)14(12)20-11(3)15(18)19-4/h5-7,10-11,17H,8-9H2,1-4H3. The predicted octanol–water partition coefficient (Wildman–Crippen LogP) is 3.03. The molecule has 0 aliphatic rings. The number of rotatable bonds is 7. The molecule has 5 heteroatoms. The van der Waals surface area contributed by atoms with Crippen molar-refractivity contribution in [1.29, 1.82) is 0 Å².